The number of pyridine rings is 2. The van der Waals surface area contributed by atoms with Crippen LogP contribution in [0, 0.1) is 0 Å². The van der Waals surface area contributed by atoms with E-state index in [2.05, 4.69) is 10.1 Å². The first-order valence-corrected chi connectivity index (χ1v) is 11.7. The monoisotopic (exact) mass is 429 g/mol. The molecule has 1 fully saturated rings. The minimum Gasteiger partial charge on any atom is -0.488 e. The highest BCUT2D eigenvalue weighted by atomic mass is 32.2. The number of aromatic nitrogens is 4. The summed E-state index contributed by atoms with van der Waals surface area (Å²) in [6, 6.07) is 5.23. The molecule has 1 saturated carbocycles. The molecule has 10 heteroatoms. The van der Waals surface area contributed by atoms with E-state index in [0.717, 1.165) is 24.9 Å². The standard InChI is InChI=1S/C20H23N5O4S/c1-23-20(26)25-8-7-14(11-18(25)22-23)24-9-10-29-17-12-16(13-21-19(17)24)30(27,28)15-5-3-2-4-6-15/h7-8,11-13,15H,2-6,9-10H2,1H3. The van der Waals surface area contributed by atoms with Crippen molar-refractivity contribution in [3.8, 4) is 5.75 Å². The first-order chi connectivity index (χ1) is 14.4. The van der Waals surface area contributed by atoms with Gasteiger partial charge >= 0.3 is 5.69 Å². The summed E-state index contributed by atoms with van der Waals surface area (Å²) in [7, 11) is -1.81. The second-order valence-electron chi connectivity index (χ2n) is 7.82. The summed E-state index contributed by atoms with van der Waals surface area (Å²) < 4.78 is 34.6. The Balaban J connectivity index is 1.51. The molecule has 3 aromatic rings. The number of ether oxygens (including phenoxy) is 1. The minimum atomic E-state index is -3.42. The van der Waals surface area contributed by atoms with Crippen molar-refractivity contribution >= 4 is 27.0 Å². The smallest absolute Gasteiger partial charge is 0.350 e. The van der Waals surface area contributed by atoms with E-state index in [9.17, 15) is 13.2 Å². The van der Waals surface area contributed by atoms with Gasteiger partial charge in [-0.3, -0.25) is 4.40 Å². The van der Waals surface area contributed by atoms with Crippen molar-refractivity contribution in [2.75, 3.05) is 18.1 Å². The lowest BCUT2D eigenvalue weighted by Crippen LogP contribution is -2.30. The van der Waals surface area contributed by atoms with Crippen molar-refractivity contribution in [1.29, 1.82) is 0 Å². The van der Waals surface area contributed by atoms with Crippen LogP contribution in [0.2, 0.25) is 0 Å². The van der Waals surface area contributed by atoms with Gasteiger partial charge in [-0.05, 0) is 18.9 Å². The molecular weight excluding hydrogens is 406 g/mol. The molecule has 2 aliphatic rings. The summed E-state index contributed by atoms with van der Waals surface area (Å²) in [5.41, 5.74) is 1.13. The molecule has 158 valence electrons. The molecule has 0 atom stereocenters. The van der Waals surface area contributed by atoms with Crippen LogP contribution in [0.3, 0.4) is 0 Å². The summed E-state index contributed by atoms with van der Waals surface area (Å²) >= 11 is 0. The highest BCUT2D eigenvalue weighted by molar-refractivity contribution is 7.92. The van der Waals surface area contributed by atoms with E-state index >= 15 is 0 Å². The van der Waals surface area contributed by atoms with Crippen molar-refractivity contribution in [1.82, 2.24) is 19.2 Å². The second-order valence-corrected chi connectivity index (χ2v) is 10.0. The Morgan fingerprint density at radius 2 is 1.97 bits per heavy atom. The maximum absolute atomic E-state index is 13.1. The molecule has 0 aromatic carbocycles. The average Bonchev–Trinajstić information content (AvgIpc) is 3.06. The number of rotatable bonds is 3. The van der Waals surface area contributed by atoms with Gasteiger partial charge in [0.25, 0.3) is 0 Å². The van der Waals surface area contributed by atoms with Crippen LogP contribution >= 0.6 is 0 Å². The van der Waals surface area contributed by atoms with Crippen molar-refractivity contribution < 1.29 is 13.2 Å². The Hall–Kier alpha value is -2.88. The van der Waals surface area contributed by atoms with Gasteiger partial charge < -0.3 is 9.64 Å². The molecule has 5 rings (SSSR count). The highest BCUT2D eigenvalue weighted by Crippen LogP contribution is 2.37. The zero-order chi connectivity index (χ0) is 20.9. The second kappa shape index (κ2) is 7.12. The average molecular weight is 430 g/mol. The number of sulfone groups is 1. The van der Waals surface area contributed by atoms with Gasteiger partial charge in [-0.15, -0.1) is 0 Å². The first kappa shape index (κ1) is 19.1. The van der Waals surface area contributed by atoms with Crippen LogP contribution in [0.5, 0.6) is 5.75 Å². The largest absolute Gasteiger partial charge is 0.488 e. The lowest BCUT2D eigenvalue weighted by atomic mass is 10.0. The van der Waals surface area contributed by atoms with Gasteiger partial charge in [-0.25, -0.2) is 22.9 Å². The van der Waals surface area contributed by atoms with Gasteiger partial charge in [-0.2, -0.15) is 5.10 Å². The van der Waals surface area contributed by atoms with E-state index in [1.165, 1.54) is 15.3 Å². The molecule has 0 bridgehead atoms. The Kier molecular flexibility index (Phi) is 4.53. The number of hydrogen-bond donors (Lipinski definition) is 0. The Morgan fingerprint density at radius 1 is 1.17 bits per heavy atom. The van der Waals surface area contributed by atoms with E-state index < -0.39 is 9.84 Å². The maximum Gasteiger partial charge on any atom is 0.350 e. The summed E-state index contributed by atoms with van der Waals surface area (Å²) in [5.74, 6) is 1.02. The van der Waals surface area contributed by atoms with E-state index in [-0.39, 0.29) is 15.8 Å². The van der Waals surface area contributed by atoms with Gasteiger partial charge in [-0.1, -0.05) is 19.3 Å². The molecule has 0 spiro atoms. The van der Waals surface area contributed by atoms with E-state index in [0.29, 0.717) is 43.2 Å². The van der Waals surface area contributed by atoms with Gasteiger partial charge in [0.2, 0.25) is 0 Å². The first-order valence-electron chi connectivity index (χ1n) is 10.1. The molecule has 9 nitrogen and oxygen atoms in total. The van der Waals surface area contributed by atoms with E-state index in [1.54, 1.807) is 19.3 Å². The Morgan fingerprint density at radius 3 is 2.77 bits per heavy atom. The fourth-order valence-electron chi connectivity index (χ4n) is 4.29. The van der Waals surface area contributed by atoms with Crippen molar-refractivity contribution in [2.24, 2.45) is 7.05 Å². The molecule has 0 radical (unpaired) electrons. The number of anilines is 2. The Labute approximate surface area is 173 Å². The summed E-state index contributed by atoms with van der Waals surface area (Å²) in [4.78, 5) is 18.7. The zero-order valence-electron chi connectivity index (χ0n) is 16.7. The van der Waals surface area contributed by atoms with Gasteiger partial charge in [0.15, 0.2) is 27.1 Å². The maximum atomic E-state index is 13.1. The lowest BCUT2D eigenvalue weighted by Gasteiger charge is -2.30. The van der Waals surface area contributed by atoms with Crippen LogP contribution in [-0.4, -0.2) is 46.0 Å². The summed E-state index contributed by atoms with van der Waals surface area (Å²) in [6.07, 6.45) is 7.52. The minimum absolute atomic E-state index is 0.213. The molecule has 0 amide bonds. The van der Waals surface area contributed by atoms with Crippen molar-refractivity contribution in [3.63, 3.8) is 0 Å². The summed E-state index contributed by atoms with van der Waals surface area (Å²) in [5, 5.41) is 3.89. The third-order valence-electron chi connectivity index (χ3n) is 5.92. The predicted molar refractivity (Wildman–Crippen MR) is 111 cm³/mol. The number of nitrogens with zero attached hydrogens (tertiary/aromatic N) is 5. The molecule has 0 N–H and O–H groups in total. The zero-order valence-corrected chi connectivity index (χ0v) is 17.5. The van der Waals surface area contributed by atoms with Gasteiger partial charge in [0.05, 0.1) is 16.7 Å². The van der Waals surface area contributed by atoms with Crippen LogP contribution in [-0.2, 0) is 16.9 Å². The van der Waals surface area contributed by atoms with Crippen LogP contribution in [0.4, 0.5) is 11.5 Å². The van der Waals surface area contributed by atoms with Crippen LogP contribution in [0.15, 0.2) is 40.3 Å². The third-order valence-corrected chi connectivity index (χ3v) is 8.15. The molecule has 4 heterocycles. The van der Waals surface area contributed by atoms with Gasteiger partial charge in [0.1, 0.15) is 6.61 Å². The van der Waals surface area contributed by atoms with Gasteiger partial charge in [0, 0.05) is 37.3 Å². The SMILES string of the molecule is Cn1nc2cc(N3CCOc4cc(S(=O)(=O)C5CCCCC5)cnc43)ccn2c1=O. The number of hydrogen-bond acceptors (Lipinski definition) is 7. The van der Waals surface area contributed by atoms with Crippen LogP contribution in [0.25, 0.3) is 5.65 Å². The van der Waals surface area contributed by atoms with E-state index in [4.69, 9.17) is 4.74 Å². The van der Waals surface area contributed by atoms with E-state index in [1.807, 2.05) is 17.0 Å². The molecule has 3 aromatic heterocycles. The quantitative estimate of drug-likeness (QED) is 0.628. The predicted octanol–water partition coefficient (Wildman–Crippen LogP) is 2.06. The fraction of sp³-hybridized carbons (Fsp3) is 0.450. The topological polar surface area (TPSA) is 98.8 Å². The molecule has 30 heavy (non-hydrogen) atoms. The highest BCUT2D eigenvalue weighted by Gasteiger charge is 2.31. The fourth-order valence-corrected chi connectivity index (χ4v) is 6.10. The Bertz CT molecular complexity index is 1270. The molecule has 0 unspecified atom stereocenters. The molecule has 0 saturated heterocycles. The van der Waals surface area contributed by atoms with Crippen LogP contribution in [0.1, 0.15) is 32.1 Å². The normalized spacial score (nSPS) is 17.7. The third kappa shape index (κ3) is 3.06. The number of aryl methyl sites for hydroxylation is 1. The lowest BCUT2D eigenvalue weighted by molar-refractivity contribution is 0.310. The molecule has 1 aliphatic heterocycles. The van der Waals surface area contributed by atoms with Crippen molar-refractivity contribution in [2.45, 2.75) is 42.2 Å². The molecule has 1 aliphatic carbocycles. The van der Waals surface area contributed by atoms with Crippen molar-refractivity contribution in [3.05, 3.63) is 41.1 Å². The molecular formula is C20H23N5O4S. The van der Waals surface area contributed by atoms with Crippen LogP contribution < -0.4 is 15.3 Å². The number of fused-ring (bicyclic) bond motifs is 2. The summed E-state index contributed by atoms with van der Waals surface area (Å²) in [6.45, 7) is 0.962.